The Kier molecular flexibility index (Phi) is 4.37. The normalized spacial score (nSPS) is 15.7. The van der Waals surface area contributed by atoms with Gasteiger partial charge in [-0.15, -0.1) is 0 Å². The monoisotopic (exact) mass is 307 g/mol. The van der Waals surface area contributed by atoms with Crippen LogP contribution in [0, 0.1) is 0 Å². The van der Waals surface area contributed by atoms with Crippen molar-refractivity contribution in [2.45, 2.75) is 39.8 Å². The minimum Gasteiger partial charge on any atom is -0.491 e. The van der Waals surface area contributed by atoms with Gasteiger partial charge in [0.15, 0.2) is 0 Å². The molecule has 1 aliphatic heterocycles. The van der Waals surface area contributed by atoms with Gasteiger partial charge in [-0.25, -0.2) is 0 Å². The molecule has 2 rings (SSSR count). The second-order valence-corrected chi connectivity index (χ2v) is 5.83. The maximum absolute atomic E-state index is 12.4. The van der Waals surface area contributed by atoms with Crippen molar-refractivity contribution in [1.82, 2.24) is 4.90 Å². The molecular weight excluding hydrogens is 290 g/mol. The maximum atomic E-state index is 12.4. The number of nitrogens with zero attached hydrogens (tertiary/aromatic N) is 1. The summed E-state index contributed by atoms with van der Waals surface area (Å²) in [5, 5.41) is -0.0220. The molecule has 0 unspecified atom stereocenters. The number of carbonyl (C=O) groups is 2. The zero-order chi connectivity index (χ0) is 15.7. The molecule has 2 amide bonds. The summed E-state index contributed by atoms with van der Waals surface area (Å²) in [5.74, 6) is -0.0744. The lowest BCUT2D eigenvalue weighted by Crippen LogP contribution is -2.37. The standard InChI is InChI=1S/C16H18ClNO3/c1-9(2)18-15(19)13(14(17)16(18)20)11-5-7-12(8-6-11)21-10(3)4/h5-10H,1-4H3. The maximum Gasteiger partial charge on any atom is 0.273 e. The molecule has 0 aliphatic carbocycles. The molecule has 0 N–H and O–H groups in total. The Bertz CT molecular complexity index is 602. The Morgan fingerprint density at radius 2 is 1.57 bits per heavy atom. The van der Waals surface area contributed by atoms with Crippen molar-refractivity contribution in [1.29, 1.82) is 0 Å². The molecule has 1 heterocycles. The minimum absolute atomic E-state index is 0.0220. The Balaban J connectivity index is 2.33. The molecule has 0 bridgehead atoms. The van der Waals surface area contributed by atoms with E-state index >= 15 is 0 Å². The summed E-state index contributed by atoms with van der Waals surface area (Å²) in [6.45, 7) is 7.44. The number of hydrogen-bond donors (Lipinski definition) is 0. The Morgan fingerprint density at radius 1 is 1.00 bits per heavy atom. The lowest BCUT2D eigenvalue weighted by molar-refractivity contribution is -0.138. The summed E-state index contributed by atoms with van der Waals surface area (Å²) in [6, 6.07) is 6.79. The van der Waals surface area contributed by atoms with Crippen LogP contribution in [0.25, 0.3) is 5.57 Å². The van der Waals surface area contributed by atoms with Crippen molar-refractivity contribution in [3.8, 4) is 5.75 Å². The molecule has 112 valence electrons. The van der Waals surface area contributed by atoms with Crippen LogP contribution in [0.15, 0.2) is 29.3 Å². The molecule has 0 spiro atoms. The van der Waals surface area contributed by atoms with Crippen LogP contribution in [0.5, 0.6) is 5.75 Å². The summed E-state index contributed by atoms with van der Waals surface area (Å²) < 4.78 is 5.55. The van der Waals surface area contributed by atoms with E-state index in [2.05, 4.69) is 0 Å². The number of ether oxygens (including phenoxy) is 1. The van der Waals surface area contributed by atoms with Gasteiger partial charge in [0.25, 0.3) is 11.8 Å². The highest BCUT2D eigenvalue weighted by atomic mass is 35.5. The Labute approximate surface area is 129 Å². The van der Waals surface area contributed by atoms with Crippen LogP contribution in [-0.4, -0.2) is 28.9 Å². The van der Waals surface area contributed by atoms with E-state index in [0.29, 0.717) is 11.3 Å². The molecule has 1 aromatic rings. The van der Waals surface area contributed by atoms with Crippen molar-refractivity contribution < 1.29 is 14.3 Å². The quantitative estimate of drug-likeness (QED) is 0.803. The highest BCUT2D eigenvalue weighted by molar-refractivity contribution is 6.55. The Hall–Kier alpha value is -1.81. The lowest BCUT2D eigenvalue weighted by atomic mass is 10.1. The van der Waals surface area contributed by atoms with Crippen LogP contribution in [-0.2, 0) is 9.59 Å². The Morgan fingerprint density at radius 3 is 2.00 bits per heavy atom. The van der Waals surface area contributed by atoms with Crippen LogP contribution >= 0.6 is 11.6 Å². The molecule has 0 radical (unpaired) electrons. The van der Waals surface area contributed by atoms with Crippen LogP contribution < -0.4 is 4.74 Å². The first-order chi connectivity index (χ1) is 9.82. The predicted octanol–water partition coefficient (Wildman–Crippen LogP) is 3.20. The fourth-order valence-electron chi connectivity index (χ4n) is 2.21. The van der Waals surface area contributed by atoms with Gasteiger partial charge in [-0.2, -0.15) is 0 Å². The van der Waals surface area contributed by atoms with Gasteiger partial charge in [0.05, 0.1) is 11.7 Å². The number of benzene rings is 1. The van der Waals surface area contributed by atoms with Crippen molar-refractivity contribution in [2.75, 3.05) is 0 Å². The van der Waals surface area contributed by atoms with Crippen molar-refractivity contribution in [2.24, 2.45) is 0 Å². The van der Waals surface area contributed by atoms with E-state index in [0.717, 1.165) is 0 Å². The van der Waals surface area contributed by atoms with E-state index in [9.17, 15) is 9.59 Å². The molecule has 0 aromatic heterocycles. The first-order valence-electron chi connectivity index (χ1n) is 6.87. The van der Waals surface area contributed by atoms with Gasteiger partial charge in [-0.3, -0.25) is 14.5 Å². The number of rotatable bonds is 4. The average Bonchev–Trinajstić information content (AvgIpc) is 2.61. The van der Waals surface area contributed by atoms with E-state index in [-0.39, 0.29) is 28.7 Å². The number of imide groups is 1. The molecule has 1 aromatic carbocycles. The third kappa shape index (κ3) is 2.95. The van der Waals surface area contributed by atoms with Gasteiger partial charge in [-0.1, -0.05) is 23.7 Å². The van der Waals surface area contributed by atoms with Crippen LogP contribution in [0.3, 0.4) is 0 Å². The minimum atomic E-state index is -0.436. The van der Waals surface area contributed by atoms with Gasteiger partial charge in [0.2, 0.25) is 0 Å². The summed E-state index contributed by atoms with van der Waals surface area (Å²) in [5.41, 5.74) is 0.879. The molecule has 4 nitrogen and oxygen atoms in total. The highest BCUT2D eigenvalue weighted by Gasteiger charge is 2.39. The average molecular weight is 308 g/mol. The number of halogens is 1. The van der Waals surface area contributed by atoms with Crippen molar-refractivity contribution >= 4 is 29.0 Å². The van der Waals surface area contributed by atoms with Crippen LogP contribution in [0.2, 0.25) is 0 Å². The number of hydrogen-bond acceptors (Lipinski definition) is 3. The lowest BCUT2D eigenvalue weighted by Gasteiger charge is -2.18. The van der Waals surface area contributed by atoms with Gasteiger partial charge >= 0.3 is 0 Å². The molecule has 5 heteroatoms. The first kappa shape index (κ1) is 15.6. The molecule has 1 aliphatic rings. The van der Waals surface area contributed by atoms with Crippen molar-refractivity contribution in [3.63, 3.8) is 0 Å². The second kappa shape index (κ2) is 5.90. The predicted molar refractivity (Wildman–Crippen MR) is 82.0 cm³/mol. The smallest absolute Gasteiger partial charge is 0.273 e. The molecule has 0 saturated carbocycles. The van der Waals surface area contributed by atoms with Gasteiger partial charge in [0.1, 0.15) is 10.8 Å². The third-order valence-electron chi connectivity index (χ3n) is 3.09. The fraction of sp³-hybridized carbons (Fsp3) is 0.375. The first-order valence-corrected chi connectivity index (χ1v) is 7.25. The highest BCUT2D eigenvalue weighted by Crippen LogP contribution is 2.33. The zero-order valence-corrected chi connectivity index (χ0v) is 13.3. The molecule has 0 atom stereocenters. The number of carbonyl (C=O) groups excluding carboxylic acids is 2. The van der Waals surface area contributed by atoms with Gasteiger partial charge in [-0.05, 0) is 45.4 Å². The topological polar surface area (TPSA) is 46.6 Å². The van der Waals surface area contributed by atoms with Crippen LogP contribution in [0.1, 0.15) is 33.3 Å². The molecular formula is C16H18ClNO3. The number of amides is 2. The fourth-order valence-corrected chi connectivity index (χ4v) is 2.49. The van der Waals surface area contributed by atoms with E-state index in [1.807, 2.05) is 13.8 Å². The summed E-state index contributed by atoms with van der Waals surface area (Å²) in [7, 11) is 0. The molecule has 21 heavy (non-hydrogen) atoms. The summed E-state index contributed by atoms with van der Waals surface area (Å²) >= 11 is 6.06. The van der Waals surface area contributed by atoms with E-state index in [1.54, 1.807) is 38.1 Å². The summed E-state index contributed by atoms with van der Waals surface area (Å²) in [4.78, 5) is 25.6. The largest absolute Gasteiger partial charge is 0.491 e. The van der Waals surface area contributed by atoms with Gasteiger partial charge in [0, 0.05) is 6.04 Å². The van der Waals surface area contributed by atoms with Gasteiger partial charge < -0.3 is 4.74 Å². The van der Waals surface area contributed by atoms with Crippen LogP contribution in [0.4, 0.5) is 0 Å². The van der Waals surface area contributed by atoms with E-state index < -0.39 is 5.91 Å². The third-order valence-corrected chi connectivity index (χ3v) is 3.44. The van der Waals surface area contributed by atoms with E-state index in [1.165, 1.54) is 4.90 Å². The van der Waals surface area contributed by atoms with E-state index in [4.69, 9.17) is 16.3 Å². The SMILES string of the molecule is CC(C)Oc1ccc(C2=C(Cl)C(=O)N(C(C)C)C2=O)cc1. The second-order valence-electron chi connectivity index (χ2n) is 5.45. The zero-order valence-electron chi connectivity index (χ0n) is 12.5. The summed E-state index contributed by atoms with van der Waals surface area (Å²) in [6.07, 6.45) is 0.0739. The van der Waals surface area contributed by atoms with Crippen molar-refractivity contribution in [3.05, 3.63) is 34.9 Å². The molecule has 0 fully saturated rings. The molecule has 0 saturated heterocycles.